The molecule has 0 aliphatic carbocycles. The second-order valence-corrected chi connectivity index (χ2v) is 7.46. The molecule has 3 rings (SSSR count). The first-order chi connectivity index (χ1) is 13.9. The number of methoxy groups -OCH3 is 1. The van der Waals surface area contributed by atoms with Crippen molar-refractivity contribution in [1.29, 1.82) is 0 Å². The first kappa shape index (κ1) is 20.6. The number of ketones is 1. The van der Waals surface area contributed by atoms with Gasteiger partial charge >= 0.3 is 0 Å². The Hall–Kier alpha value is -3.08. The minimum atomic E-state index is -0.659. The zero-order valence-electron chi connectivity index (χ0n) is 17.4. The molecule has 0 saturated carbocycles. The summed E-state index contributed by atoms with van der Waals surface area (Å²) < 4.78 is 5.39. The van der Waals surface area contributed by atoms with Crippen LogP contribution in [0.25, 0.3) is 5.76 Å². The predicted octanol–water partition coefficient (Wildman–Crippen LogP) is 4.53. The highest BCUT2D eigenvalue weighted by Gasteiger charge is 2.46. The van der Waals surface area contributed by atoms with Gasteiger partial charge in [0.05, 0.1) is 24.3 Å². The molecule has 5 heteroatoms. The van der Waals surface area contributed by atoms with Gasteiger partial charge in [0.25, 0.3) is 11.7 Å². The van der Waals surface area contributed by atoms with Crippen molar-refractivity contribution in [2.75, 3.05) is 13.7 Å². The molecule has 1 heterocycles. The number of aliphatic hydroxyl groups is 1. The quantitative estimate of drug-likeness (QED) is 0.445. The van der Waals surface area contributed by atoms with Crippen LogP contribution in [0.5, 0.6) is 5.75 Å². The molecule has 0 aromatic heterocycles. The average Bonchev–Trinajstić information content (AvgIpc) is 2.96. The fraction of sp³-hybridized carbons (Fsp3) is 0.333. The first-order valence-corrected chi connectivity index (χ1v) is 9.89. The molecule has 0 bridgehead atoms. The van der Waals surface area contributed by atoms with Crippen LogP contribution >= 0.6 is 0 Å². The van der Waals surface area contributed by atoms with Crippen molar-refractivity contribution in [3.8, 4) is 5.75 Å². The minimum absolute atomic E-state index is 0.112. The minimum Gasteiger partial charge on any atom is -0.507 e. The lowest BCUT2D eigenvalue weighted by atomic mass is 9.93. The summed E-state index contributed by atoms with van der Waals surface area (Å²) in [6.45, 7) is 6.36. The lowest BCUT2D eigenvalue weighted by molar-refractivity contribution is -0.139. The molecule has 1 atom stereocenters. The third-order valence-electron chi connectivity index (χ3n) is 5.26. The van der Waals surface area contributed by atoms with Crippen LogP contribution in [0.3, 0.4) is 0 Å². The normalized spacial score (nSPS) is 18.3. The number of aliphatic hydroxyl groups excluding tert-OH is 1. The number of nitrogens with zero attached hydrogens (tertiary/aromatic N) is 1. The molecule has 1 saturated heterocycles. The molecule has 152 valence electrons. The van der Waals surface area contributed by atoms with Gasteiger partial charge in [-0.05, 0) is 38.0 Å². The summed E-state index contributed by atoms with van der Waals surface area (Å²) in [7, 11) is 1.51. The summed E-state index contributed by atoms with van der Waals surface area (Å²) in [6, 6.07) is 12.5. The number of hydrogen-bond donors (Lipinski definition) is 1. The fourth-order valence-corrected chi connectivity index (χ4v) is 3.78. The first-order valence-electron chi connectivity index (χ1n) is 9.89. The largest absolute Gasteiger partial charge is 0.507 e. The Labute approximate surface area is 171 Å². The number of benzene rings is 2. The van der Waals surface area contributed by atoms with E-state index in [1.54, 1.807) is 17.0 Å². The zero-order valence-corrected chi connectivity index (χ0v) is 17.4. The molecule has 1 N–H and O–H groups in total. The van der Waals surface area contributed by atoms with Crippen LogP contribution in [0, 0.1) is 13.8 Å². The highest BCUT2D eigenvalue weighted by molar-refractivity contribution is 6.46. The number of hydrogen-bond acceptors (Lipinski definition) is 4. The van der Waals surface area contributed by atoms with Crippen molar-refractivity contribution >= 4 is 17.4 Å². The molecule has 0 radical (unpaired) electrons. The molecule has 2 aromatic rings. The molecule has 29 heavy (non-hydrogen) atoms. The second kappa shape index (κ2) is 8.52. The lowest BCUT2D eigenvalue weighted by Gasteiger charge is -2.25. The van der Waals surface area contributed by atoms with Gasteiger partial charge in [-0.15, -0.1) is 0 Å². The van der Waals surface area contributed by atoms with E-state index in [-0.39, 0.29) is 11.3 Å². The summed E-state index contributed by atoms with van der Waals surface area (Å²) >= 11 is 0. The van der Waals surface area contributed by atoms with E-state index >= 15 is 0 Å². The number of likely N-dealkylation sites (tertiary alicyclic amines) is 1. The SMILES string of the molecule is CCCCN1C(=O)C(=O)/C(=C(/O)c2cc(C)ccc2OC)C1c1cccc(C)c1. The van der Waals surface area contributed by atoms with E-state index < -0.39 is 17.7 Å². The molecule has 1 aliphatic rings. The number of aryl methyl sites for hydroxylation is 2. The van der Waals surface area contributed by atoms with Crippen LogP contribution in [-0.2, 0) is 9.59 Å². The Kier molecular flexibility index (Phi) is 6.06. The van der Waals surface area contributed by atoms with Gasteiger partial charge in [-0.2, -0.15) is 0 Å². The van der Waals surface area contributed by atoms with Crippen LogP contribution in [0.15, 0.2) is 48.0 Å². The Bertz CT molecular complexity index is 977. The van der Waals surface area contributed by atoms with Crippen molar-refractivity contribution in [3.63, 3.8) is 0 Å². The van der Waals surface area contributed by atoms with Crippen molar-refractivity contribution < 1.29 is 19.4 Å². The maximum absolute atomic E-state index is 13.0. The number of carbonyl (C=O) groups is 2. The Morgan fingerprint density at radius 2 is 1.83 bits per heavy atom. The molecule has 1 amide bonds. The highest BCUT2D eigenvalue weighted by Crippen LogP contribution is 2.41. The molecule has 2 aromatic carbocycles. The van der Waals surface area contributed by atoms with Gasteiger partial charge in [-0.1, -0.05) is 54.8 Å². The monoisotopic (exact) mass is 393 g/mol. The Balaban J connectivity index is 2.23. The molecule has 1 unspecified atom stereocenters. The highest BCUT2D eigenvalue weighted by atomic mass is 16.5. The summed E-state index contributed by atoms with van der Waals surface area (Å²) in [5.74, 6) is -0.975. The summed E-state index contributed by atoms with van der Waals surface area (Å²) in [6.07, 6.45) is 1.68. The van der Waals surface area contributed by atoms with E-state index in [4.69, 9.17) is 4.74 Å². The van der Waals surface area contributed by atoms with Gasteiger partial charge < -0.3 is 14.7 Å². The summed E-state index contributed by atoms with van der Waals surface area (Å²) in [5.41, 5.74) is 3.28. The van der Waals surface area contributed by atoms with Crippen LogP contribution in [0.4, 0.5) is 0 Å². The number of amides is 1. The van der Waals surface area contributed by atoms with Gasteiger partial charge in [0.1, 0.15) is 11.5 Å². The van der Waals surface area contributed by atoms with E-state index in [0.717, 1.165) is 29.5 Å². The lowest BCUT2D eigenvalue weighted by Crippen LogP contribution is -2.30. The van der Waals surface area contributed by atoms with Crippen LogP contribution in [0.1, 0.15) is 48.1 Å². The number of unbranched alkanes of at least 4 members (excludes halogenated alkanes) is 1. The van der Waals surface area contributed by atoms with E-state index in [0.29, 0.717) is 17.9 Å². The van der Waals surface area contributed by atoms with Gasteiger partial charge in [-0.3, -0.25) is 9.59 Å². The van der Waals surface area contributed by atoms with Crippen molar-refractivity contribution in [2.45, 2.75) is 39.7 Å². The molecule has 1 fully saturated rings. The Morgan fingerprint density at radius 1 is 1.10 bits per heavy atom. The van der Waals surface area contributed by atoms with E-state index in [2.05, 4.69) is 0 Å². The van der Waals surface area contributed by atoms with E-state index in [1.165, 1.54) is 7.11 Å². The third kappa shape index (κ3) is 3.90. The average molecular weight is 393 g/mol. The van der Waals surface area contributed by atoms with Crippen molar-refractivity contribution in [1.82, 2.24) is 4.90 Å². The second-order valence-electron chi connectivity index (χ2n) is 7.46. The van der Waals surface area contributed by atoms with Gasteiger partial charge in [-0.25, -0.2) is 0 Å². The molecule has 5 nitrogen and oxygen atoms in total. The fourth-order valence-electron chi connectivity index (χ4n) is 3.78. The van der Waals surface area contributed by atoms with Gasteiger partial charge in [0, 0.05) is 6.54 Å². The van der Waals surface area contributed by atoms with E-state index in [1.807, 2.05) is 51.1 Å². The summed E-state index contributed by atoms with van der Waals surface area (Å²) in [5, 5.41) is 11.2. The van der Waals surface area contributed by atoms with Gasteiger partial charge in [0.15, 0.2) is 0 Å². The topological polar surface area (TPSA) is 66.8 Å². The summed E-state index contributed by atoms with van der Waals surface area (Å²) in [4.78, 5) is 27.4. The zero-order chi connectivity index (χ0) is 21.1. The van der Waals surface area contributed by atoms with E-state index in [9.17, 15) is 14.7 Å². The molecule has 1 aliphatic heterocycles. The van der Waals surface area contributed by atoms with Crippen LogP contribution in [0.2, 0.25) is 0 Å². The number of carbonyl (C=O) groups excluding carboxylic acids is 2. The van der Waals surface area contributed by atoms with Crippen LogP contribution < -0.4 is 4.74 Å². The van der Waals surface area contributed by atoms with Crippen molar-refractivity contribution in [3.05, 3.63) is 70.3 Å². The maximum atomic E-state index is 13.0. The van der Waals surface area contributed by atoms with Crippen molar-refractivity contribution in [2.24, 2.45) is 0 Å². The van der Waals surface area contributed by atoms with Crippen LogP contribution in [-0.4, -0.2) is 35.4 Å². The number of rotatable bonds is 6. The predicted molar refractivity (Wildman–Crippen MR) is 113 cm³/mol. The number of Topliss-reactive ketones (excluding diaryl/α,β-unsaturated/α-hetero) is 1. The smallest absolute Gasteiger partial charge is 0.295 e. The standard InChI is InChI=1S/C24H27NO4/c1-5-6-12-25-21(17-9-7-8-15(2)13-17)20(23(27)24(25)28)22(26)18-14-16(3)10-11-19(18)29-4/h7-11,13-14,21,26H,5-6,12H2,1-4H3/b22-20+. The maximum Gasteiger partial charge on any atom is 0.295 e. The van der Waals surface area contributed by atoms with Gasteiger partial charge in [0.2, 0.25) is 0 Å². The third-order valence-corrected chi connectivity index (χ3v) is 5.26. The Morgan fingerprint density at radius 3 is 2.48 bits per heavy atom. The number of ether oxygens (including phenoxy) is 1. The molecular weight excluding hydrogens is 366 g/mol. The molecule has 0 spiro atoms. The molecular formula is C24H27NO4.